The third-order valence-corrected chi connectivity index (χ3v) is 5.94. The number of allylic oxidation sites excluding steroid dienone is 2. The van der Waals surface area contributed by atoms with Gasteiger partial charge < -0.3 is 20.5 Å². The molecular formula is C30H38N2O5. The molecule has 2 aromatic carbocycles. The third-order valence-electron chi connectivity index (χ3n) is 5.94. The summed E-state index contributed by atoms with van der Waals surface area (Å²) in [6, 6.07) is 18.6. The molecule has 7 nitrogen and oxygen atoms in total. The molecular weight excluding hydrogens is 468 g/mol. The number of esters is 1. The highest BCUT2D eigenvalue weighted by molar-refractivity contribution is 5.86. The van der Waals surface area contributed by atoms with Crippen LogP contribution in [0, 0.1) is 11.8 Å². The average molecular weight is 507 g/mol. The summed E-state index contributed by atoms with van der Waals surface area (Å²) in [4.78, 5) is 38.5. The van der Waals surface area contributed by atoms with Crippen LogP contribution in [0.25, 0.3) is 0 Å². The van der Waals surface area contributed by atoms with E-state index in [-0.39, 0.29) is 37.4 Å². The topological polar surface area (TPSA) is 105 Å². The summed E-state index contributed by atoms with van der Waals surface area (Å²) < 4.78 is 5.93. The van der Waals surface area contributed by atoms with Crippen LogP contribution in [0.5, 0.6) is 0 Å². The lowest BCUT2D eigenvalue weighted by Gasteiger charge is -2.23. The predicted octanol–water partition coefficient (Wildman–Crippen LogP) is 3.90. The second-order valence-electron chi connectivity index (χ2n) is 9.07. The molecule has 0 aliphatic carbocycles. The lowest BCUT2D eigenvalue weighted by Crippen LogP contribution is -2.40. The highest BCUT2D eigenvalue weighted by Crippen LogP contribution is 2.22. The fourth-order valence-electron chi connectivity index (χ4n) is 3.92. The van der Waals surface area contributed by atoms with Crippen molar-refractivity contribution in [1.29, 1.82) is 0 Å². The van der Waals surface area contributed by atoms with Crippen molar-refractivity contribution in [3.8, 4) is 0 Å². The Hall–Kier alpha value is -3.71. The van der Waals surface area contributed by atoms with E-state index in [9.17, 15) is 14.4 Å². The van der Waals surface area contributed by atoms with Crippen LogP contribution < -0.4 is 10.6 Å². The number of amides is 2. The first-order chi connectivity index (χ1) is 17.9. The van der Waals surface area contributed by atoms with E-state index in [0.717, 1.165) is 11.1 Å². The summed E-state index contributed by atoms with van der Waals surface area (Å²) in [6.07, 6.45) is 3.83. The van der Waals surface area contributed by atoms with Crippen LogP contribution in [0.1, 0.15) is 43.4 Å². The van der Waals surface area contributed by atoms with Gasteiger partial charge >= 0.3 is 5.97 Å². The summed E-state index contributed by atoms with van der Waals surface area (Å²) in [6.45, 7) is 9.02. The highest BCUT2D eigenvalue weighted by atomic mass is 16.5. The molecule has 0 unspecified atom stereocenters. The molecule has 0 fully saturated rings. The lowest BCUT2D eigenvalue weighted by molar-refractivity contribution is -0.154. The van der Waals surface area contributed by atoms with Gasteiger partial charge in [0, 0.05) is 12.5 Å². The molecule has 0 aliphatic rings. The maximum atomic E-state index is 13.2. The smallest absolute Gasteiger partial charge is 0.310 e. The zero-order valence-electron chi connectivity index (χ0n) is 21.5. The second kappa shape index (κ2) is 16.1. The van der Waals surface area contributed by atoms with Gasteiger partial charge in [0.2, 0.25) is 11.8 Å². The molecule has 37 heavy (non-hydrogen) atoms. The Kier molecular flexibility index (Phi) is 12.9. The average Bonchev–Trinajstić information content (AvgIpc) is 2.91. The molecule has 0 spiro atoms. The van der Waals surface area contributed by atoms with Crippen LogP contribution in [-0.4, -0.2) is 42.1 Å². The first kappa shape index (κ1) is 29.5. The number of benzene rings is 2. The Morgan fingerprint density at radius 2 is 1.54 bits per heavy atom. The van der Waals surface area contributed by atoms with Crippen LogP contribution in [0.2, 0.25) is 0 Å². The predicted molar refractivity (Wildman–Crippen MR) is 144 cm³/mol. The van der Waals surface area contributed by atoms with E-state index in [1.807, 2.05) is 60.7 Å². The zero-order valence-corrected chi connectivity index (χ0v) is 21.5. The Morgan fingerprint density at radius 1 is 0.946 bits per heavy atom. The zero-order chi connectivity index (χ0) is 27.0. The Balaban J connectivity index is 2.11. The van der Waals surface area contributed by atoms with Gasteiger partial charge in [-0.3, -0.25) is 14.4 Å². The second-order valence-corrected chi connectivity index (χ2v) is 9.07. The number of aliphatic hydroxyl groups excluding tert-OH is 1. The molecule has 4 atom stereocenters. The molecule has 0 radical (unpaired) electrons. The van der Waals surface area contributed by atoms with Gasteiger partial charge in [0.1, 0.15) is 6.10 Å². The van der Waals surface area contributed by atoms with Crippen LogP contribution in [-0.2, 0) is 25.5 Å². The fraction of sp³-hybridized carbons (Fsp3) is 0.367. The quantitative estimate of drug-likeness (QED) is 0.237. The molecule has 0 bridgehead atoms. The molecule has 198 valence electrons. The van der Waals surface area contributed by atoms with Gasteiger partial charge in [-0.2, -0.15) is 0 Å². The molecule has 2 rings (SSSR count). The van der Waals surface area contributed by atoms with Crippen LogP contribution in [0.3, 0.4) is 0 Å². The number of rotatable bonds is 16. The molecule has 3 N–H and O–H groups in total. The summed E-state index contributed by atoms with van der Waals surface area (Å²) in [5.74, 6) is -2.08. The Bertz CT molecular complexity index is 1010. The number of ether oxygens (including phenoxy) is 1. The third kappa shape index (κ3) is 10.4. The van der Waals surface area contributed by atoms with Crippen LogP contribution >= 0.6 is 0 Å². The molecule has 0 saturated carbocycles. The van der Waals surface area contributed by atoms with E-state index in [1.165, 1.54) is 0 Å². The van der Waals surface area contributed by atoms with Gasteiger partial charge in [-0.1, -0.05) is 72.8 Å². The van der Waals surface area contributed by atoms with Gasteiger partial charge in [-0.15, -0.1) is 13.2 Å². The summed E-state index contributed by atoms with van der Waals surface area (Å²) in [7, 11) is 0. The van der Waals surface area contributed by atoms with Crippen LogP contribution in [0.15, 0.2) is 86.0 Å². The summed E-state index contributed by atoms with van der Waals surface area (Å²) in [5.41, 5.74) is 1.78. The minimum atomic E-state index is -0.701. The largest absolute Gasteiger partial charge is 0.455 e. The Labute approximate surface area is 219 Å². The molecule has 0 saturated heterocycles. The SMILES string of the molecule is C=CC[C@H](CC(=O)N[C@H](C)CO)C(=O)NC[C@@H](OC(=O)[C@@H](CC=C)Cc1ccccc1)c1ccccc1. The van der Waals surface area contributed by atoms with Crippen molar-refractivity contribution >= 4 is 17.8 Å². The molecule has 0 aliphatic heterocycles. The number of carbonyl (C=O) groups excluding carboxylic acids is 3. The van der Waals surface area contributed by atoms with E-state index < -0.39 is 24.0 Å². The number of carbonyl (C=O) groups is 3. The maximum Gasteiger partial charge on any atom is 0.310 e. The number of aliphatic hydroxyl groups is 1. The van der Waals surface area contributed by atoms with Gasteiger partial charge in [0.05, 0.1) is 25.0 Å². The van der Waals surface area contributed by atoms with Crippen molar-refractivity contribution in [2.45, 2.75) is 44.8 Å². The van der Waals surface area contributed by atoms with Crippen molar-refractivity contribution in [3.05, 3.63) is 97.1 Å². The maximum absolute atomic E-state index is 13.2. The van der Waals surface area contributed by atoms with Crippen molar-refractivity contribution in [2.24, 2.45) is 11.8 Å². The number of hydrogen-bond donors (Lipinski definition) is 3. The molecule has 2 aromatic rings. The van der Waals surface area contributed by atoms with Gasteiger partial charge in [-0.25, -0.2) is 0 Å². The molecule has 0 aromatic heterocycles. The fourth-order valence-corrected chi connectivity index (χ4v) is 3.92. The van der Waals surface area contributed by atoms with E-state index in [4.69, 9.17) is 9.84 Å². The van der Waals surface area contributed by atoms with Crippen molar-refractivity contribution in [2.75, 3.05) is 13.2 Å². The molecule has 2 amide bonds. The number of nitrogens with one attached hydrogen (secondary N) is 2. The first-order valence-electron chi connectivity index (χ1n) is 12.6. The van der Waals surface area contributed by atoms with E-state index in [0.29, 0.717) is 19.3 Å². The monoisotopic (exact) mass is 506 g/mol. The molecule has 7 heteroatoms. The van der Waals surface area contributed by atoms with Crippen molar-refractivity contribution in [3.63, 3.8) is 0 Å². The lowest BCUT2D eigenvalue weighted by atomic mass is 9.96. The highest BCUT2D eigenvalue weighted by Gasteiger charge is 2.26. The van der Waals surface area contributed by atoms with Crippen LogP contribution in [0.4, 0.5) is 0 Å². The minimum absolute atomic E-state index is 0.0452. The van der Waals surface area contributed by atoms with Gasteiger partial charge in [0.25, 0.3) is 0 Å². The van der Waals surface area contributed by atoms with E-state index in [2.05, 4.69) is 23.8 Å². The normalized spacial score (nSPS) is 13.9. The van der Waals surface area contributed by atoms with Crippen molar-refractivity contribution < 1.29 is 24.2 Å². The van der Waals surface area contributed by atoms with E-state index in [1.54, 1.807) is 19.1 Å². The summed E-state index contributed by atoms with van der Waals surface area (Å²) >= 11 is 0. The Morgan fingerprint density at radius 3 is 2.14 bits per heavy atom. The van der Waals surface area contributed by atoms with Gasteiger partial charge in [0.15, 0.2) is 0 Å². The standard InChI is InChI=1S/C30H38N2O5/c1-4-12-25(19-28(34)32-22(3)21-33)29(35)31-20-27(24-16-10-7-11-17-24)37-30(36)26(13-5-2)18-23-14-8-6-9-15-23/h4-11,14-17,22,25-27,33H,1-2,12-13,18-21H2,3H3,(H,31,35)(H,32,34)/t22-,25-,26+,27-/m1/s1. The van der Waals surface area contributed by atoms with Crippen molar-refractivity contribution in [1.82, 2.24) is 10.6 Å². The minimum Gasteiger partial charge on any atom is -0.455 e. The number of hydrogen-bond acceptors (Lipinski definition) is 5. The summed E-state index contributed by atoms with van der Waals surface area (Å²) in [5, 5.41) is 14.7. The van der Waals surface area contributed by atoms with E-state index >= 15 is 0 Å². The van der Waals surface area contributed by atoms with Gasteiger partial charge in [-0.05, 0) is 37.3 Å². The molecule has 0 heterocycles. The first-order valence-corrected chi connectivity index (χ1v) is 12.6.